The molecule has 122 valence electrons. The van der Waals surface area contributed by atoms with E-state index >= 15 is 0 Å². The van der Waals surface area contributed by atoms with Gasteiger partial charge in [0.15, 0.2) is 0 Å². The second-order valence-corrected chi connectivity index (χ2v) is 6.00. The number of aldehydes is 1. The van der Waals surface area contributed by atoms with E-state index in [0.29, 0.717) is 12.8 Å². The number of likely N-dealkylation sites (tertiary alicyclic amines) is 1. The molecule has 0 spiro atoms. The van der Waals surface area contributed by atoms with Gasteiger partial charge in [0.2, 0.25) is 5.91 Å². The van der Waals surface area contributed by atoms with Crippen LogP contribution in [0.15, 0.2) is 60.7 Å². The Kier molecular flexibility index (Phi) is 4.85. The Morgan fingerprint density at radius 1 is 1.00 bits per heavy atom. The quantitative estimate of drug-likeness (QED) is 0.642. The zero-order chi connectivity index (χ0) is 16.9. The molecule has 1 aliphatic rings. The highest BCUT2D eigenvalue weighted by atomic mass is 16.2. The molecule has 0 aromatic heterocycles. The summed E-state index contributed by atoms with van der Waals surface area (Å²) in [7, 11) is 0. The molecule has 4 heteroatoms. The van der Waals surface area contributed by atoms with Gasteiger partial charge in [0.05, 0.1) is 11.8 Å². The maximum atomic E-state index is 13.2. The second kappa shape index (κ2) is 7.21. The molecule has 0 radical (unpaired) electrons. The van der Waals surface area contributed by atoms with Crippen LogP contribution in [0.1, 0.15) is 23.5 Å². The Morgan fingerprint density at radius 2 is 1.54 bits per heavy atom. The van der Waals surface area contributed by atoms with E-state index in [1.165, 1.54) is 0 Å². The first kappa shape index (κ1) is 16.1. The first-order valence-electron chi connectivity index (χ1n) is 8.07. The highest BCUT2D eigenvalue weighted by Crippen LogP contribution is 2.28. The first-order valence-corrected chi connectivity index (χ1v) is 8.07. The smallest absolute Gasteiger partial charge is 0.234 e. The molecule has 1 heterocycles. The van der Waals surface area contributed by atoms with Gasteiger partial charge >= 0.3 is 0 Å². The van der Waals surface area contributed by atoms with Crippen molar-refractivity contribution in [3.63, 3.8) is 0 Å². The molecule has 1 aliphatic heterocycles. The number of carbonyl (C=O) groups excluding carboxylic acids is 3. The minimum absolute atomic E-state index is 0.0632. The highest BCUT2D eigenvalue weighted by Gasteiger charge is 2.33. The van der Waals surface area contributed by atoms with Gasteiger partial charge < -0.3 is 9.69 Å². The molecule has 24 heavy (non-hydrogen) atoms. The van der Waals surface area contributed by atoms with E-state index in [1.54, 1.807) is 4.90 Å². The fraction of sp³-hybridized carbons (Fsp3) is 0.250. The molecule has 1 fully saturated rings. The van der Waals surface area contributed by atoms with E-state index in [0.717, 1.165) is 11.1 Å². The fourth-order valence-electron chi connectivity index (χ4n) is 3.13. The van der Waals surface area contributed by atoms with Gasteiger partial charge in [-0.05, 0) is 11.1 Å². The first-order chi connectivity index (χ1) is 11.7. The predicted octanol–water partition coefficient (Wildman–Crippen LogP) is 2.44. The summed E-state index contributed by atoms with van der Waals surface area (Å²) in [6, 6.07) is 19.2. The Balaban J connectivity index is 1.93. The number of rotatable bonds is 4. The average Bonchev–Trinajstić information content (AvgIpc) is 2.64. The zero-order valence-electron chi connectivity index (χ0n) is 13.3. The fourth-order valence-corrected chi connectivity index (χ4v) is 3.13. The topological polar surface area (TPSA) is 54.5 Å². The largest absolute Gasteiger partial charge is 0.340 e. The Hall–Kier alpha value is -2.75. The molecule has 3 rings (SSSR count). The average molecular weight is 321 g/mol. The lowest BCUT2D eigenvalue weighted by Crippen LogP contribution is -2.46. The van der Waals surface area contributed by atoms with Gasteiger partial charge in [0.25, 0.3) is 0 Å². The number of Topliss-reactive ketones (excluding diaryl/α,β-unsaturated/α-hetero) is 1. The Morgan fingerprint density at radius 3 is 2.04 bits per heavy atom. The summed E-state index contributed by atoms with van der Waals surface area (Å²) in [6.45, 7) is 0.551. The van der Waals surface area contributed by atoms with Crippen molar-refractivity contribution in [2.45, 2.75) is 12.3 Å². The standard InChI is InChI=1S/C20H19NO3/c22-14-17-13-21(12-11-18(17)23)20(24)19(15-7-3-1-4-8-15)16-9-5-2-6-10-16/h1-10,14,17,19H,11-13H2. The van der Waals surface area contributed by atoms with Crippen LogP contribution in [0.4, 0.5) is 0 Å². The molecule has 0 bridgehead atoms. The molecular weight excluding hydrogens is 302 g/mol. The van der Waals surface area contributed by atoms with Crippen LogP contribution in [-0.2, 0) is 14.4 Å². The third kappa shape index (κ3) is 3.27. The molecule has 0 saturated carbocycles. The SMILES string of the molecule is O=CC1CN(C(=O)C(c2ccccc2)c2ccccc2)CCC1=O. The molecule has 4 nitrogen and oxygen atoms in total. The van der Waals surface area contributed by atoms with Crippen molar-refractivity contribution in [2.75, 3.05) is 13.1 Å². The van der Waals surface area contributed by atoms with Crippen molar-refractivity contribution < 1.29 is 14.4 Å². The van der Waals surface area contributed by atoms with E-state index in [2.05, 4.69) is 0 Å². The van der Waals surface area contributed by atoms with E-state index in [4.69, 9.17) is 0 Å². The lowest BCUT2D eigenvalue weighted by atomic mass is 9.88. The maximum absolute atomic E-state index is 13.2. The molecular formula is C20H19NO3. The van der Waals surface area contributed by atoms with Gasteiger partial charge in [-0.15, -0.1) is 0 Å². The highest BCUT2D eigenvalue weighted by molar-refractivity contribution is 5.96. The second-order valence-electron chi connectivity index (χ2n) is 6.00. The summed E-state index contributed by atoms with van der Waals surface area (Å²) >= 11 is 0. The van der Waals surface area contributed by atoms with Gasteiger partial charge in [0, 0.05) is 19.5 Å². The van der Waals surface area contributed by atoms with Crippen molar-refractivity contribution in [3.05, 3.63) is 71.8 Å². The number of hydrogen-bond acceptors (Lipinski definition) is 3. The van der Waals surface area contributed by atoms with Crippen LogP contribution in [0.5, 0.6) is 0 Å². The van der Waals surface area contributed by atoms with Crippen molar-refractivity contribution in [1.82, 2.24) is 4.90 Å². The van der Waals surface area contributed by atoms with E-state index in [1.807, 2.05) is 60.7 Å². The van der Waals surface area contributed by atoms with Crippen LogP contribution < -0.4 is 0 Å². The van der Waals surface area contributed by atoms with E-state index < -0.39 is 11.8 Å². The molecule has 1 amide bonds. The summed E-state index contributed by atoms with van der Waals surface area (Å²) < 4.78 is 0. The van der Waals surface area contributed by atoms with E-state index in [-0.39, 0.29) is 24.7 Å². The Bertz CT molecular complexity index is 688. The lowest BCUT2D eigenvalue weighted by Gasteiger charge is -2.32. The van der Waals surface area contributed by atoms with Gasteiger partial charge in [-0.2, -0.15) is 0 Å². The van der Waals surface area contributed by atoms with Crippen LogP contribution in [0, 0.1) is 5.92 Å². The minimum atomic E-state index is -0.699. The van der Waals surface area contributed by atoms with Gasteiger partial charge in [-0.3, -0.25) is 9.59 Å². The van der Waals surface area contributed by atoms with Crippen LogP contribution in [0.3, 0.4) is 0 Å². The van der Waals surface area contributed by atoms with Crippen LogP contribution in [-0.4, -0.2) is 36.0 Å². The minimum Gasteiger partial charge on any atom is -0.340 e. The number of carbonyl (C=O) groups is 3. The molecule has 0 N–H and O–H groups in total. The number of hydrogen-bond donors (Lipinski definition) is 0. The molecule has 2 aromatic rings. The number of amides is 1. The maximum Gasteiger partial charge on any atom is 0.234 e. The zero-order valence-corrected chi connectivity index (χ0v) is 13.3. The molecule has 0 aliphatic carbocycles. The van der Waals surface area contributed by atoms with Crippen molar-refractivity contribution in [2.24, 2.45) is 5.92 Å². The number of benzene rings is 2. The lowest BCUT2D eigenvalue weighted by molar-refractivity contribution is -0.139. The molecule has 2 aromatic carbocycles. The van der Waals surface area contributed by atoms with Crippen LogP contribution in [0.25, 0.3) is 0 Å². The summed E-state index contributed by atoms with van der Waals surface area (Å²) in [6.07, 6.45) is 0.896. The van der Waals surface area contributed by atoms with Crippen molar-refractivity contribution in [3.8, 4) is 0 Å². The summed E-state index contributed by atoms with van der Waals surface area (Å²) in [5.74, 6) is -1.26. The van der Waals surface area contributed by atoms with Crippen LogP contribution in [0.2, 0.25) is 0 Å². The van der Waals surface area contributed by atoms with Gasteiger partial charge in [0.1, 0.15) is 12.1 Å². The molecule has 1 unspecified atom stereocenters. The van der Waals surface area contributed by atoms with Gasteiger partial charge in [-0.1, -0.05) is 60.7 Å². The van der Waals surface area contributed by atoms with Crippen LogP contribution >= 0.6 is 0 Å². The summed E-state index contributed by atoms with van der Waals surface area (Å²) in [5.41, 5.74) is 1.82. The van der Waals surface area contributed by atoms with Gasteiger partial charge in [-0.25, -0.2) is 0 Å². The number of piperidine rings is 1. The summed E-state index contributed by atoms with van der Waals surface area (Å²) in [5, 5.41) is 0. The monoisotopic (exact) mass is 321 g/mol. The number of ketones is 1. The van der Waals surface area contributed by atoms with Crippen molar-refractivity contribution in [1.29, 1.82) is 0 Å². The third-order valence-electron chi connectivity index (χ3n) is 4.45. The molecule has 1 atom stereocenters. The third-order valence-corrected chi connectivity index (χ3v) is 4.45. The predicted molar refractivity (Wildman–Crippen MR) is 90.5 cm³/mol. The van der Waals surface area contributed by atoms with E-state index in [9.17, 15) is 14.4 Å². The van der Waals surface area contributed by atoms with Crippen molar-refractivity contribution >= 4 is 18.0 Å². The number of nitrogens with zero attached hydrogens (tertiary/aromatic N) is 1. The molecule has 1 saturated heterocycles. The summed E-state index contributed by atoms with van der Waals surface area (Å²) in [4.78, 5) is 37.6. The normalized spacial score (nSPS) is 17.8. The Labute approximate surface area is 141 Å².